The van der Waals surface area contributed by atoms with Crippen molar-refractivity contribution in [1.82, 2.24) is 5.32 Å². The lowest BCUT2D eigenvalue weighted by Crippen LogP contribution is -2.42. The van der Waals surface area contributed by atoms with Crippen LogP contribution in [0.5, 0.6) is 0 Å². The van der Waals surface area contributed by atoms with Gasteiger partial charge in [-0.2, -0.15) is 0 Å². The van der Waals surface area contributed by atoms with E-state index in [1.807, 2.05) is 12.2 Å². The molecule has 21 heavy (non-hydrogen) atoms. The molecule has 7 heteroatoms. The zero-order valence-electron chi connectivity index (χ0n) is 12.4. The highest BCUT2D eigenvalue weighted by atomic mass is 32.1. The average molecular weight is 312 g/mol. The largest absolute Gasteiger partial charge is 0.448 e. The zero-order valence-corrected chi connectivity index (χ0v) is 13.2. The molecule has 0 bridgehead atoms. The van der Waals surface area contributed by atoms with Crippen molar-refractivity contribution in [2.24, 2.45) is 5.73 Å². The first kappa shape index (κ1) is 17.2. The first-order chi connectivity index (χ1) is 9.88. The maximum atomic E-state index is 12.0. The Balaban J connectivity index is 2.75. The quantitative estimate of drug-likeness (QED) is 0.785. The van der Waals surface area contributed by atoms with Crippen LogP contribution in [0.3, 0.4) is 0 Å². The van der Waals surface area contributed by atoms with Gasteiger partial charge < -0.3 is 10.5 Å². The minimum Gasteiger partial charge on any atom is -0.448 e. The van der Waals surface area contributed by atoms with E-state index in [1.165, 1.54) is 23.1 Å². The molecule has 1 atom stereocenters. The number of ether oxygens (including phenoxy) is 1. The Kier molecular flexibility index (Phi) is 6.36. The van der Waals surface area contributed by atoms with E-state index in [1.54, 1.807) is 6.07 Å². The fraction of sp³-hybridized carbons (Fsp3) is 0.500. The van der Waals surface area contributed by atoms with Gasteiger partial charge in [0.2, 0.25) is 0 Å². The second kappa shape index (κ2) is 7.78. The second-order valence-corrected chi connectivity index (χ2v) is 5.70. The van der Waals surface area contributed by atoms with Crippen LogP contribution in [0.25, 0.3) is 0 Å². The summed E-state index contributed by atoms with van der Waals surface area (Å²) in [6, 6.07) is 0.828. The number of aryl methyl sites for hydroxylation is 2. The molecule has 0 aromatic carbocycles. The Bertz CT molecular complexity index is 539. The van der Waals surface area contributed by atoms with Gasteiger partial charge in [-0.05, 0) is 31.4 Å². The van der Waals surface area contributed by atoms with Gasteiger partial charge in [-0.15, -0.1) is 11.3 Å². The van der Waals surface area contributed by atoms with Gasteiger partial charge >= 0.3 is 12.0 Å². The van der Waals surface area contributed by atoms with Gasteiger partial charge in [0.25, 0.3) is 5.91 Å². The molecule has 0 aliphatic rings. The molecule has 1 heterocycles. The van der Waals surface area contributed by atoms with Crippen LogP contribution < -0.4 is 11.1 Å². The molecule has 0 saturated heterocycles. The SMILES string of the molecule is CCCc1sc(C(=O)O[C@@H](C)C(=O)NC(N)=O)cc1CC. The van der Waals surface area contributed by atoms with Crippen molar-refractivity contribution in [1.29, 1.82) is 0 Å². The summed E-state index contributed by atoms with van der Waals surface area (Å²) >= 11 is 1.39. The molecule has 3 amide bonds. The molecule has 0 fully saturated rings. The Morgan fingerprint density at radius 3 is 2.57 bits per heavy atom. The maximum absolute atomic E-state index is 12.0. The van der Waals surface area contributed by atoms with Crippen LogP contribution in [-0.2, 0) is 22.4 Å². The summed E-state index contributed by atoms with van der Waals surface area (Å²) in [4.78, 5) is 35.7. The van der Waals surface area contributed by atoms with E-state index in [9.17, 15) is 14.4 Å². The Labute approximate surface area is 127 Å². The third kappa shape index (κ3) is 4.86. The lowest BCUT2D eigenvalue weighted by Gasteiger charge is -2.10. The number of primary amides is 1. The number of thiophene rings is 1. The van der Waals surface area contributed by atoms with Crippen molar-refractivity contribution in [2.45, 2.75) is 46.1 Å². The van der Waals surface area contributed by atoms with Gasteiger partial charge in [0.1, 0.15) is 4.88 Å². The van der Waals surface area contributed by atoms with E-state index in [4.69, 9.17) is 10.5 Å². The monoisotopic (exact) mass is 312 g/mol. The number of hydrogen-bond acceptors (Lipinski definition) is 5. The summed E-state index contributed by atoms with van der Waals surface area (Å²) in [6.07, 6.45) is 1.68. The molecular formula is C14H20N2O4S. The highest BCUT2D eigenvalue weighted by molar-refractivity contribution is 7.14. The topological polar surface area (TPSA) is 98.5 Å². The fourth-order valence-electron chi connectivity index (χ4n) is 1.80. The number of rotatable bonds is 6. The van der Waals surface area contributed by atoms with E-state index >= 15 is 0 Å². The molecule has 0 saturated carbocycles. The molecular weight excluding hydrogens is 292 g/mol. The molecule has 0 unspecified atom stereocenters. The lowest BCUT2D eigenvalue weighted by atomic mass is 10.1. The first-order valence-corrected chi connectivity index (χ1v) is 7.63. The molecule has 0 aliphatic carbocycles. The van der Waals surface area contributed by atoms with Gasteiger partial charge in [0, 0.05) is 4.88 Å². The van der Waals surface area contributed by atoms with Crippen LogP contribution in [0.4, 0.5) is 4.79 Å². The third-order valence-electron chi connectivity index (χ3n) is 2.86. The minimum atomic E-state index is -1.08. The van der Waals surface area contributed by atoms with Crippen LogP contribution in [-0.4, -0.2) is 24.0 Å². The fourth-order valence-corrected chi connectivity index (χ4v) is 3.04. The van der Waals surface area contributed by atoms with Crippen molar-refractivity contribution in [2.75, 3.05) is 0 Å². The molecule has 0 aliphatic heterocycles. The molecule has 6 nitrogen and oxygen atoms in total. The predicted molar refractivity (Wildman–Crippen MR) is 80.3 cm³/mol. The molecule has 0 spiro atoms. The van der Waals surface area contributed by atoms with Crippen LogP contribution in [0, 0.1) is 0 Å². The smallest absolute Gasteiger partial charge is 0.349 e. The molecule has 3 N–H and O–H groups in total. The zero-order chi connectivity index (χ0) is 16.0. The van der Waals surface area contributed by atoms with Crippen molar-refractivity contribution in [3.63, 3.8) is 0 Å². The van der Waals surface area contributed by atoms with Crippen LogP contribution in [0.2, 0.25) is 0 Å². The third-order valence-corrected chi connectivity index (χ3v) is 4.07. The highest BCUT2D eigenvalue weighted by Gasteiger charge is 2.22. The van der Waals surface area contributed by atoms with E-state index in [0.29, 0.717) is 4.88 Å². The lowest BCUT2D eigenvalue weighted by molar-refractivity contribution is -0.127. The van der Waals surface area contributed by atoms with E-state index in [2.05, 4.69) is 6.92 Å². The van der Waals surface area contributed by atoms with E-state index in [0.717, 1.165) is 24.8 Å². The van der Waals surface area contributed by atoms with Gasteiger partial charge in [-0.25, -0.2) is 9.59 Å². The van der Waals surface area contributed by atoms with Crippen LogP contribution >= 0.6 is 11.3 Å². The standard InChI is InChI=1S/C14H20N2O4S/c1-4-6-10-9(5-2)7-11(21-10)13(18)20-8(3)12(17)16-14(15)19/h7-8H,4-6H2,1-3H3,(H3,15,16,17,19)/t8-/m0/s1. The molecule has 1 aromatic heterocycles. The summed E-state index contributed by atoms with van der Waals surface area (Å²) < 4.78 is 5.04. The Morgan fingerprint density at radius 1 is 1.38 bits per heavy atom. The summed E-state index contributed by atoms with van der Waals surface area (Å²) in [7, 11) is 0. The second-order valence-electron chi connectivity index (χ2n) is 4.56. The summed E-state index contributed by atoms with van der Waals surface area (Å²) in [5, 5.41) is 1.87. The minimum absolute atomic E-state index is 0.467. The van der Waals surface area contributed by atoms with Gasteiger partial charge in [0.15, 0.2) is 6.10 Å². The van der Waals surface area contributed by atoms with Crippen molar-refractivity contribution >= 4 is 29.2 Å². The summed E-state index contributed by atoms with van der Waals surface area (Å²) in [6.45, 7) is 5.49. The van der Waals surface area contributed by atoms with Crippen LogP contribution in [0.15, 0.2) is 6.07 Å². The number of esters is 1. The molecule has 0 radical (unpaired) electrons. The van der Waals surface area contributed by atoms with Crippen LogP contribution in [0.1, 0.15) is 47.3 Å². The van der Waals surface area contributed by atoms with E-state index < -0.39 is 24.0 Å². The molecule has 1 aromatic rings. The maximum Gasteiger partial charge on any atom is 0.349 e. The van der Waals surface area contributed by atoms with Gasteiger partial charge in [0.05, 0.1) is 0 Å². The molecule has 116 valence electrons. The normalized spacial score (nSPS) is 11.8. The number of nitrogens with two attached hydrogens (primary N) is 1. The first-order valence-electron chi connectivity index (χ1n) is 6.81. The summed E-state index contributed by atoms with van der Waals surface area (Å²) in [5.74, 6) is -1.30. The summed E-state index contributed by atoms with van der Waals surface area (Å²) in [5.41, 5.74) is 5.97. The van der Waals surface area contributed by atoms with Gasteiger partial charge in [-0.1, -0.05) is 20.3 Å². The van der Waals surface area contributed by atoms with Crippen molar-refractivity contribution in [3.8, 4) is 0 Å². The number of carbonyl (C=O) groups is 3. The molecule has 1 rings (SSSR count). The van der Waals surface area contributed by atoms with Crippen molar-refractivity contribution in [3.05, 3.63) is 21.4 Å². The number of urea groups is 1. The van der Waals surface area contributed by atoms with Crippen molar-refractivity contribution < 1.29 is 19.1 Å². The number of carbonyl (C=O) groups excluding carboxylic acids is 3. The van der Waals surface area contributed by atoms with E-state index in [-0.39, 0.29) is 0 Å². The number of hydrogen-bond donors (Lipinski definition) is 2. The highest BCUT2D eigenvalue weighted by Crippen LogP contribution is 2.25. The average Bonchev–Trinajstić information content (AvgIpc) is 2.81. The number of amides is 3. The number of imide groups is 1. The Morgan fingerprint density at radius 2 is 2.05 bits per heavy atom. The Hall–Kier alpha value is -1.89. The van der Waals surface area contributed by atoms with Gasteiger partial charge in [-0.3, -0.25) is 10.1 Å². The predicted octanol–water partition coefficient (Wildman–Crippen LogP) is 2.00. The number of nitrogens with one attached hydrogen (secondary N) is 1.